The Kier molecular flexibility index (Phi) is 2.85. The zero-order chi connectivity index (χ0) is 7.49. The molecule has 2 heteroatoms. The van der Waals surface area contributed by atoms with E-state index in [-0.39, 0.29) is 12.5 Å². The topological polar surface area (TPSA) is 20.2 Å². The maximum atomic E-state index is 12.9. The predicted molar refractivity (Wildman–Crippen MR) is 36.0 cm³/mol. The minimum Gasteiger partial charge on any atom is -0.396 e. The van der Waals surface area contributed by atoms with Crippen molar-refractivity contribution in [1.82, 2.24) is 0 Å². The quantitative estimate of drug-likeness (QED) is 0.577. The molecule has 0 aromatic heterocycles. The van der Waals surface area contributed by atoms with Crippen LogP contribution in [0.5, 0.6) is 0 Å². The summed E-state index contributed by atoms with van der Waals surface area (Å²) in [4.78, 5) is 0. The summed E-state index contributed by atoms with van der Waals surface area (Å²) in [5, 5.41) is 8.51. The molecule has 0 aromatic rings. The van der Waals surface area contributed by atoms with Crippen LogP contribution in [0.4, 0.5) is 4.39 Å². The standard InChI is InChI=1S/C7H13FO/c1-4-7(3,8)6(2)5-9/h4,6,9H,1,5H2,2-3H3/t6-,7?/m1/s1. The van der Waals surface area contributed by atoms with E-state index in [2.05, 4.69) is 6.58 Å². The SMILES string of the molecule is C=CC(C)(F)[C@H](C)CO. The van der Waals surface area contributed by atoms with Gasteiger partial charge in [0, 0.05) is 12.5 Å². The summed E-state index contributed by atoms with van der Waals surface area (Å²) in [5.41, 5.74) is -1.44. The summed E-state index contributed by atoms with van der Waals surface area (Å²) in [6.07, 6.45) is 1.22. The lowest BCUT2D eigenvalue weighted by Gasteiger charge is -2.21. The number of aliphatic hydroxyl groups is 1. The number of rotatable bonds is 3. The first-order valence-electron chi connectivity index (χ1n) is 2.98. The van der Waals surface area contributed by atoms with Gasteiger partial charge in [-0.1, -0.05) is 19.6 Å². The van der Waals surface area contributed by atoms with Crippen molar-refractivity contribution >= 4 is 0 Å². The highest BCUT2D eigenvalue weighted by molar-refractivity contribution is 4.95. The molecule has 54 valence electrons. The van der Waals surface area contributed by atoms with Crippen molar-refractivity contribution < 1.29 is 9.50 Å². The van der Waals surface area contributed by atoms with Crippen molar-refractivity contribution in [2.24, 2.45) is 5.92 Å². The Labute approximate surface area is 55.2 Å². The molecule has 1 nitrogen and oxygen atoms in total. The second-order valence-electron chi connectivity index (χ2n) is 2.44. The molecule has 0 radical (unpaired) electrons. The molecule has 0 saturated heterocycles. The number of hydrogen-bond donors (Lipinski definition) is 1. The van der Waals surface area contributed by atoms with Crippen LogP contribution in [0, 0.1) is 5.92 Å². The summed E-state index contributed by atoms with van der Waals surface area (Å²) in [5.74, 6) is -0.366. The van der Waals surface area contributed by atoms with Crippen molar-refractivity contribution in [2.75, 3.05) is 6.61 Å². The number of aliphatic hydroxyl groups excluding tert-OH is 1. The normalized spacial score (nSPS) is 20.4. The zero-order valence-electron chi connectivity index (χ0n) is 5.89. The van der Waals surface area contributed by atoms with Crippen molar-refractivity contribution in [2.45, 2.75) is 19.5 Å². The van der Waals surface area contributed by atoms with Crippen LogP contribution in [0.25, 0.3) is 0 Å². The fourth-order valence-electron chi connectivity index (χ4n) is 0.380. The minimum atomic E-state index is -1.44. The highest BCUT2D eigenvalue weighted by Gasteiger charge is 2.25. The lowest BCUT2D eigenvalue weighted by Crippen LogP contribution is -2.27. The highest BCUT2D eigenvalue weighted by Crippen LogP contribution is 2.21. The van der Waals surface area contributed by atoms with Gasteiger partial charge in [0.2, 0.25) is 0 Å². The Morgan fingerprint density at radius 3 is 2.44 bits per heavy atom. The average molecular weight is 132 g/mol. The largest absolute Gasteiger partial charge is 0.396 e. The molecular formula is C7H13FO. The third-order valence-electron chi connectivity index (χ3n) is 1.64. The molecule has 1 unspecified atom stereocenters. The van der Waals surface area contributed by atoms with E-state index in [0.29, 0.717) is 0 Å². The lowest BCUT2D eigenvalue weighted by molar-refractivity contribution is 0.108. The Morgan fingerprint density at radius 1 is 1.89 bits per heavy atom. The molecule has 0 spiro atoms. The van der Waals surface area contributed by atoms with Gasteiger partial charge >= 0.3 is 0 Å². The van der Waals surface area contributed by atoms with Crippen molar-refractivity contribution in [1.29, 1.82) is 0 Å². The summed E-state index contributed by atoms with van der Waals surface area (Å²) in [6.45, 7) is 6.22. The summed E-state index contributed by atoms with van der Waals surface area (Å²) < 4.78 is 12.9. The molecule has 0 heterocycles. The molecule has 0 aliphatic heterocycles. The van der Waals surface area contributed by atoms with Crippen LogP contribution in [0.3, 0.4) is 0 Å². The lowest BCUT2D eigenvalue weighted by atomic mass is 9.94. The van der Waals surface area contributed by atoms with E-state index in [0.717, 1.165) is 0 Å². The van der Waals surface area contributed by atoms with Gasteiger partial charge in [-0.05, 0) is 6.92 Å². The van der Waals surface area contributed by atoms with Crippen molar-refractivity contribution in [3.05, 3.63) is 12.7 Å². The van der Waals surface area contributed by atoms with Crippen LogP contribution in [-0.2, 0) is 0 Å². The van der Waals surface area contributed by atoms with Gasteiger partial charge in [0.05, 0.1) is 0 Å². The maximum absolute atomic E-state index is 12.9. The third kappa shape index (κ3) is 2.14. The van der Waals surface area contributed by atoms with Gasteiger partial charge in [0.1, 0.15) is 5.67 Å². The predicted octanol–water partition coefficient (Wildman–Crippen LogP) is 1.53. The van der Waals surface area contributed by atoms with E-state index in [4.69, 9.17) is 5.11 Å². The minimum absolute atomic E-state index is 0.140. The monoisotopic (exact) mass is 132 g/mol. The molecule has 0 saturated carbocycles. The van der Waals surface area contributed by atoms with E-state index in [1.807, 2.05) is 0 Å². The second-order valence-corrected chi connectivity index (χ2v) is 2.44. The molecule has 0 fully saturated rings. The van der Waals surface area contributed by atoms with Gasteiger partial charge in [0.15, 0.2) is 0 Å². The Morgan fingerprint density at radius 2 is 2.33 bits per heavy atom. The molecule has 0 amide bonds. The van der Waals surface area contributed by atoms with E-state index in [9.17, 15) is 4.39 Å². The van der Waals surface area contributed by atoms with Crippen molar-refractivity contribution in [3.63, 3.8) is 0 Å². The van der Waals surface area contributed by atoms with Gasteiger partial charge in [-0.15, -0.1) is 0 Å². The fourth-order valence-corrected chi connectivity index (χ4v) is 0.380. The van der Waals surface area contributed by atoms with Crippen LogP contribution in [0.15, 0.2) is 12.7 Å². The van der Waals surface area contributed by atoms with Crippen molar-refractivity contribution in [3.8, 4) is 0 Å². The third-order valence-corrected chi connectivity index (χ3v) is 1.64. The van der Waals surface area contributed by atoms with Crippen LogP contribution in [-0.4, -0.2) is 17.4 Å². The van der Waals surface area contributed by atoms with Gasteiger partial charge < -0.3 is 5.11 Å². The first kappa shape index (κ1) is 8.63. The van der Waals surface area contributed by atoms with Gasteiger partial charge in [-0.25, -0.2) is 4.39 Å². The van der Waals surface area contributed by atoms with E-state index >= 15 is 0 Å². The van der Waals surface area contributed by atoms with E-state index in [1.54, 1.807) is 6.92 Å². The second kappa shape index (κ2) is 2.97. The number of hydrogen-bond acceptors (Lipinski definition) is 1. The first-order valence-corrected chi connectivity index (χ1v) is 2.98. The molecule has 0 bridgehead atoms. The zero-order valence-corrected chi connectivity index (χ0v) is 5.89. The van der Waals surface area contributed by atoms with E-state index in [1.165, 1.54) is 13.0 Å². The van der Waals surface area contributed by atoms with Crippen LogP contribution >= 0.6 is 0 Å². The van der Waals surface area contributed by atoms with Crippen LogP contribution < -0.4 is 0 Å². The number of allylic oxidation sites excluding steroid dienone is 1. The molecule has 9 heavy (non-hydrogen) atoms. The Hall–Kier alpha value is -0.370. The fraction of sp³-hybridized carbons (Fsp3) is 0.714. The molecular weight excluding hydrogens is 119 g/mol. The molecule has 1 N–H and O–H groups in total. The van der Waals surface area contributed by atoms with Crippen LogP contribution in [0.2, 0.25) is 0 Å². The highest BCUT2D eigenvalue weighted by atomic mass is 19.1. The first-order chi connectivity index (χ1) is 4.04. The molecule has 0 rings (SSSR count). The Bertz CT molecular complexity index is 99.1. The van der Waals surface area contributed by atoms with Gasteiger partial charge in [-0.3, -0.25) is 0 Å². The average Bonchev–Trinajstić information content (AvgIpc) is 1.86. The summed E-state index contributed by atoms with van der Waals surface area (Å²) in [6, 6.07) is 0. The van der Waals surface area contributed by atoms with Gasteiger partial charge in [-0.2, -0.15) is 0 Å². The summed E-state index contributed by atoms with van der Waals surface area (Å²) >= 11 is 0. The van der Waals surface area contributed by atoms with Gasteiger partial charge in [0.25, 0.3) is 0 Å². The Balaban J connectivity index is 3.95. The summed E-state index contributed by atoms with van der Waals surface area (Å²) in [7, 11) is 0. The molecule has 2 atom stereocenters. The molecule has 0 aromatic carbocycles. The smallest absolute Gasteiger partial charge is 0.130 e. The number of alkyl halides is 1. The number of halogens is 1. The van der Waals surface area contributed by atoms with Crippen LogP contribution in [0.1, 0.15) is 13.8 Å². The molecule has 0 aliphatic rings. The molecule has 0 aliphatic carbocycles. The maximum Gasteiger partial charge on any atom is 0.130 e. The van der Waals surface area contributed by atoms with E-state index < -0.39 is 5.67 Å².